The maximum Gasteiger partial charge on any atom is 0.490 e. The van der Waals surface area contributed by atoms with Crippen LogP contribution in [0.2, 0.25) is 5.02 Å². The molecule has 1 heterocycles. The number of hydrogen-bond donors (Lipinski definition) is 3. The van der Waals surface area contributed by atoms with E-state index < -0.39 is 18.0 Å². The molecule has 0 fully saturated rings. The highest BCUT2D eigenvalue weighted by atomic mass is 35.5. The number of nitrogens with one attached hydrogen (secondary N) is 1. The summed E-state index contributed by atoms with van der Waals surface area (Å²) in [6, 6.07) is 7.89. The molecule has 0 bridgehead atoms. The van der Waals surface area contributed by atoms with E-state index in [1.807, 2.05) is 0 Å². The van der Waals surface area contributed by atoms with Crippen molar-refractivity contribution < 1.29 is 27.5 Å². The number of anilines is 3. The minimum absolute atomic E-state index is 0.240. The molecule has 4 N–H and O–H groups in total. The third-order valence-corrected chi connectivity index (χ3v) is 2.89. The summed E-state index contributed by atoms with van der Waals surface area (Å²) >= 11 is 5.92. The Morgan fingerprint density at radius 3 is 2.33 bits per heavy atom. The standard InChI is InChI=1S/C12H11ClFN3.C2HF3O2/c1-7-10(5-6-11(15)16-7)17-12-8(13)3-2-4-9(12)14;3-2(4,5)1(6)7/h2-6,17H,1H3,(H2,15,16);(H,6,7). The largest absolute Gasteiger partial charge is 0.490 e. The first-order valence-electron chi connectivity index (χ1n) is 6.26. The van der Waals surface area contributed by atoms with Gasteiger partial charge in [-0.3, -0.25) is 0 Å². The summed E-state index contributed by atoms with van der Waals surface area (Å²) in [6.45, 7) is 1.79. The molecule has 5 nitrogen and oxygen atoms in total. The molecular weight excluding hydrogens is 354 g/mol. The Kier molecular flexibility index (Phi) is 6.35. The van der Waals surface area contributed by atoms with E-state index in [0.717, 1.165) is 0 Å². The molecule has 0 radical (unpaired) electrons. The summed E-state index contributed by atoms with van der Waals surface area (Å²) in [7, 11) is 0. The monoisotopic (exact) mass is 365 g/mol. The second-order valence-electron chi connectivity index (χ2n) is 4.39. The van der Waals surface area contributed by atoms with E-state index in [-0.39, 0.29) is 5.69 Å². The summed E-state index contributed by atoms with van der Waals surface area (Å²) in [5, 5.41) is 10.4. The molecule has 1 aromatic carbocycles. The number of aromatic nitrogens is 1. The van der Waals surface area contributed by atoms with Crippen LogP contribution in [0.25, 0.3) is 0 Å². The lowest BCUT2D eigenvalue weighted by molar-refractivity contribution is -0.192. The molecule has 24 heavy (non-hydrogen) atoms. The molecule has 0 atom stereocenters. The predicted octanol–water partition coefficient (Wildman–Crippen LogP) is 4.14. The van der Waals surface area contributed by atoms with Gasteiger partial charge in [-0.25, -0.2) is 14.2 Å². The lowest BCUT2D eigenvalue weighted by Gasteiger charge is -2.11. The molecule has 0 aliphatic rings. The molecular formula is C14H12ClF4N3O2. The number of hydrogen-bond acceptors (Lipinski definition) is 4. The van der Waals surface area contributed by atoms with Crippen molar-refractivity contribution in [1.29, 1.82) is 0 Å². The molecule has 0 spiro atoms. The van der Waals surface area contributed by atoms with Gasteiger partial charge in [-0.2, -0.15) is 13.2 Å². The zero-order valence-electron chi connectivity index (χ0n) is 12.2. The Morgan fingerprint density at radius 1 is 1.29 bits per heavy atom. The van der Waals surface area contributed by atoms with Gasteiger partial charge in [0, 0.05) is 0 Å². The van der Waals surface area contributed by atoms with E-state index in [9.17, 15) is 17.6 Å². The van der Waals surface area contributed by atoms with E-state index in [1.165, 1.54) is 6.07 Å². The first-order chi connectivity index (χ1) is 11.0. The second kappa shape index (κ2) is 7.82. The average molecular weight is 366 g/mol. The normalized spacial score (nSPS) is 10.6. The van der Waals surface area contributed by atoms with Crippen LogP contribution in [-0.2, 0) is 4.79 Å². The Hall–Kier alpha value is -2.55. The van der Waals surface area contributed by atoms with Gasteiger partial charge in [0.2, 0.25) is 0 Å². The van der Waals surface area contributed by atoms with Gasteiger partial charge in [-0.1, -0.05) is 17.7 Å². The molecule has 0 saturated carbocycles. The van der Waals surface area contributed by atoms with Gasteiger partial charge in [0.25, 0.3) is 0 Å². The van der Waals surface area contributed by atoms with E-state index in [4.69, 9.17) is 27.2 Å². The Balaban J connectivity index is 0.000000351. The van der Waals surface area contributed by atoms with Crippen LogP contribution >= 0.6 is 11.6 Å². The van der Waals surface area contributed by atoms with Gasteiger partial charge < -0.3 is 16.2 Å². The van der Waals surface area contributed by atoms with Crippen LogP contribution in [0.15, 0.2) is 30.3 Å². The number of pyridine rings is 1. The van der Waals surface area contributed by atoms with Crippen LogP contribution in [0.1, 0.15) is 5.69 Å². The highest BCUT2D eigenvalue weighted by molar-refractivity contribution is 6.33. The van der Waals surface area contributed by atoms with Crippen molar-refractivity contribution >= 4 is 34.8 Å². The zero-order chi connectivity index (χ0) is 18.5. The quantitative estimate of drug-likeness (QED) is 0.696. The molecule has 0 amide bonds. The van der Waals surface area contributed by atoms with Gasteiger partial charge in [-0.15, -0.1) is 0 Å². The van der Waals surface area contributed by atoms with Crippen LogP contribution in [0.4, 0.5) is 34.8 Å². The number of nitrogen functional groups attached to an aromatic ring is 1. The molecule has 130 valence electrons. The third-order valence-electron chi connectivity index (χ3n) is 2.57. The van der Waals surface area contributed by atoms with Gasteiger partial charge >= 0.3 is 12.1 Å². The van der Waals surface area contributed by atoms with Crippen LogP contribution < -0.4 is 11.1 Å². The number of carboxylic acids is 1. The molecule has 2 aromatic rings. The number of alkyl halides is 3. The fourth-order valence-corrected chi connectivity index (χ4v) is 1.67. The van der Waals surface area contributed by atoms with Crippen molar-refractivity contribution in [3.8, 4) is 0 Å². The summed E-state index contributed by atoms with van der Waals surface area (Å²) in [4.78, 5) is 13.0. The molecule has 2 rings (SSSR count). The summed E-state index contributed by atoms with van der Waals surface area (Å²) in [5.41, 5.74) is 7.14. The van der Waals surface area contributed by atoms with Crippen LogP contribution in [0.3, 0.4) is 0 Å². The number of nitrogens with zero attached hydrogens (tertiary/aromatic N) is 1. The topological polar surface area (TPSA) is 88.2 Å². The van der Waals surface area contributed by atoms with E-state index in [1.54, 1.807) is 31.2 Å². The Labute approximate surface area is 139 Å². The molecule has 10 heteroatoms. The summed E-state index contributed by atoms with van der Waals surface area (Å²) in [5.74, 6) is -2.74. The Morgan fingerprint density at radius 2 is 1.88 bits per heavy atom. The minimum Gasteiger partial charge on any atom is -0.475 e. The molecule has 0 saturated heterocycles. The first-order valence-corrected chi connectivity index (χ1v) is 6.64. The van der Waals surface area contributed by atoms with E-state index in [2.05, 4.69) is 10.3 Å². The van der Waals surface area contributed by atoms with Crippen molar-refractivity contribution in [3.63, 3.8) is 0 Å². The van der Waals surface area contributed by atoms with Gasteiger partial charge in [0.1, 0.15) is 11.6 Å². The second-order valence-corrected chi connectivity index (χ2v) is 4.80. The molecule has 0 aliphatic carbocycles. The fourth-order valence-electron chi connectivity index (χ4n) is 1.46. The number of benzene rings is 1. The lowest BCUT2D eigenvalue weighted by atomic mass is 10.2. The number of carbonyl (C=O) groups is 1. The number of nitrogens with two attached hydrogens (primary N) is 1. The summed E-state index contributed by atoms with van der Waals surface area (Å²) in [6.07, 6.45) is -5.08. The lowest BCUT2D eigenvalue weighted by Crippen LogP contribution is -2.21. The van der Waals surface area contributed by atoms with Crippen LogP contribution in [-0.4, -0.2) is 22.2 Å². The number of para-hydroxylation sites is 1. The van der Waals surface area contributed by atoms with Gasteiger partial charge in [0.05, 0.1) is 22.1 Å². The van der Waals surface area contributed by atoms with Crippen LogP contribution in [0.5, 0.6) is 0 Å². The Bertz CT molecular complexity index is 718. The first kappa shape index (κ1) is 19.5. The van der Waals surface area contributed by atoms with Crippen molar-refractivity contribution in [2.24, 2.45) is 0 Å². The van der Waals surface area contributed by atoms with Crippen molar-refractivity contribution in [3.05, 3.63) is 46.9 Å². The zero-order valence-corrected chi connectivity index (χ0v) is 12.9. The number of halogens is 5. The van der Waals surface area contributed by atoms with Crippen molar-refractivity contribution in [2.75, 3.05) is 11.1 Å². The number of carboxylic acid groups (broad SMARTS) is 1. The van der Waals surface area contributed by atoms with E-state index >= 15 is 0 Å². The van der Waals surface area contributed by atoms with Crippen LogP contribution in [0, 0.1) is 12.7 Å². The van der Waals surface area contributed by atoms with Crippen molar-refractivity contribution in [1.82, 2.24) is 4.98 Å². The number of rotatable bonds is 2. The fraction of sp³-hybridized carbons (Fsp3) is 0.143. The molecule has 0 unspecified atom stereocenters. The average Bonchev–Trinajstić information content (AvgIpc) is 2.44. The minimum atomic E-state index is -5.08. The number of aliphatic carboxylic acids is 1. The highest BCUT2D eigenvalue weighted by Crippen LogP contribution is 2.29. The van der Waals surface area contributed by atoms with E-state index in [0.29, 0.717) is 22.2 Å². The molecule has 1 aromatic heterocycles. The maximum atomic E-state index is 13.6. The SMILES string of the molecule is Cc1nc(N)ccc1Nc1c(F)cccc1Cl.O=C(O)C(F)(F)F. The summed E-state index contributed by atoms with van der Waals surface area (Å²) < 4.78 is 45.3. The van der Waals surface area contributed by atoms with Crippen molar-refractivity contribution in [2.45, 2.75) is 13.1 Å². The predicted molar refractivity (Wildman–Crippen MR) is 81.8 cm³/mol. The smallest absolute Gasteiger partial charge is 0.475 e. The van der Waals surface area contributed by atoms with Gasteiger partial charge in [0.15, 0.2) is 0 Å². The third kappa shape index (κ3) is 5.58. The van der Waals surface area contributed by atoms with Gasteiger partial charge in [-0.05, 0) is 31.2 Å². The highest BCUT2D eigenvalue weighted by Gasteiger charge is 2.38. The maximum absolute atomic E-state index is 13.6. The molecule has 0 aliphatic heterocycles. The number of aryl methyl sites for hydroxylation is 1.